The highest BCUT2D eigenvalue weighted by Crippen LogP contribution is 2.41. The van der Waals surface area contributed by atoms with Crippen molar-refractivity contribution in [3.63, 3.8) is 0 Å². The maximum absolute atomic E-state index is 11.5. The standard InChI is InChI=1S/C20H20BrNO4/c1-10-5-11(2)19-13(8-18(23)24)20(22-15(19)6-10)12-7-16(25-3)17(26-4)9-14(12)21/h5-7,9,22H,8H2,1-4H3,(H,23,24). The molecule has 0 radical (unpaired) electrons. The van der Waals surface area contributed by atoms with E-state index < -0.39 is 5.97 Å². The van der Waals surface area contributed by atoms with Gasteiger partial charge in [0.25, 0.3) is 0 Å². The molecule has 0 aliphatic heterocycles. The van der Waals surface area contributed by atoms with Gasteiger partial charge in [-0.15, -0.1) is 0 Å². The summed E-state index contributed by atoms with van der Waals surface area (Å²) in [5.41, 5.74) is 5.45. The molecule has 5 nitrogen and oxygen atoms in total. The van der Waals surface area contributed by atoms with Gasteiger partial charge in [-0.25, -0.2) is 0 Å². The summed E-state index contributed by atoms with van der Waals surface area (Å²) in [6.07, 6.45) is -0.0694. The van der Waals surface area contributed by atoms with Crippen molar-refractivity contribution in [2.24, 2.45) is 0 Å². The quantitative estimate of drug-likeness (QED) is 0.621. The van der Waals surface area contributed by atoms with E-state index in [9.17, 15) is 9.90 Å². The topological polar surface area (TPSA) is 71.6 Å². The number of aryl methyl sites for hydroxylation is 2. The molecule has 1 aromatic heterocycles. The number of fused-ring (bicyclic) bond motifs is 1. The van der Waals surface area contributed by atoms with Crippen LogP contribution in [0.5, 0.6) is 11.5 Å². The van der Waals surface area contributed by atoms with E-state index in [1.807, 2.05) is 32.0 Å². The fourth-order valence-electron chi connectivity index (χ4n) is 3.41. The number of methoxy groups -OCH3 is 2. The Balaban J connectivity index is 2.34. The molecule has 26 heavy (non-hydrogen) atoms. The number of nitrogens with one attached hydrogen (secondary N) is 1. The summed E-state index contributed by atoms with van der Waals surface area (Å²) in [6.45, 7) is 4.03. The maximum atomic E-state index is 11.5. The number of carbonyl (C=O) groups is 1. The van der Waals surface area contributed by atoms with E-state index in [1.165, 1.54) is 0 Å². The van der Waals surface area contributed by atoms with Gasteiger partial charge in [0, 0.05) is 20.9 Å². The predicted molar refractivity (Wildman–Crippen MR) is 105 cm³/mol. The van der Waals surface area contributed by atoms with Crippen molar-refractivity contribution in [2.75, 3.05) is 14.2 Å². The largest absolute Gasteiger partial charge is 0.493 e. The molecule has 136 valence electrons. The molecule has 0 atom stereocenters. The molecular weight excluding hydrogens is 398 g/mol. The number of aromatic amines is 1. The Morgan fingerprint density at radius 3 is 2.38 bits per heavy atom. The molecule has 0 amide bonds. The summed E-state index contributed by atoms with van der Waals surface area (Å²) in [6, 6.07) is 7.77. The highest BCUT2D eigenvalue weighted by Gasteiger charge is 2.21. The molecule has 0 spiro atoms. The van der Waals surface area contributed by atoms with Crippen LogP contribution in [0, 0.1) is 13.8 Å². The van der Waals surface area contributed by atoms with Crippen LogP contribution in [-0.2, 0) is 11.2 Å². The second kappa shape index (κ2) is 7.03. The van der Waals surface area contributed by atoms with E-state index in [0.717, 1.165) is 43.3 Å². The fourth-order valence-corrected chi connectivity index (χ4v) is 3.93. The van der Waals surface area contributed by atoms with E-state index in [2.05, 4.69) is 27.0 Å². The summed E-state index contributed by atoms with van der Waals surface area (Å²) < 4.78 is 11.5. The second-order valence-corrected chi connectivity index (χ2v) is 7.09. The minimum Gasteiger partial charge on any atom is -0.493 e. The van der Waals surface area contributed by atoms with Gasteiger partial charge in [0.2, 0.25) is 0 Å². The molecule has 3 aromatic rings. The molecule has 0 bridgehead atoms. The number of halogens is 1. The Kier molecular flexibility index (Phi) is 4.96. The highest BCUT2D eigenvalue weighted by molar-refractivity contribution is 9.10. The van der Waals surface area contributed by atoms with Crippen LogP contribution in [0.25, 0.3) is 22.2 Å². The number of H-pyrrole nitrogens is 1. The molecule has 6 heteroatoms. The van der Waals surface area contributed by atoms with Gasteiger partial charge in [0.15, 0.2) is 11.5 Å². The van der Waals surface area contributed by atoms with Crippen LogP contribution in [-0.4, -0.2) is 30.3 Å². The van der Waals surface area contributed by atoms with E-state index >= 15 is 0 Å². The first kappa shape index (κ1) is 18.3. The predicted octanol–water partition coefficient (Wildman–Crippen LogP) is 4.86. The number of carboxylic acids is 1. The van der Waals surface area contributed by atoms with Crippen LogP contribution in [0.1, 0.15) is 16.7 Å². The molecule has 0 aliphatic rings. The average molecular weight is 418 g/mol. The van der Waals surface area contributed by atoms with Crippen LogP contribution < -0.4 is 9.47 Å². The average Bonchev–Trinajstić information content (AvgIpc) is 2.91. The number of carboxylic acid groups (broad SMARTS) is 1. The van der Waals surface area contributed by atoms with Crippen molar-refractivity contribution in [3.05, 3.63) is 45.4 Å². The Bertz CT molecular complexity index is 1010. The van der Waals surface area contributed by atoms with Crippen molar-refractivity contribution in [1.29, 1.82) is 0 Å². The molecule has 1 heterocycles. The number of hydrogen-bond donors (Lipinski definition) is 2. The first-order valence-corrected chi connectivity index (χ1v) is 8.90. The lowest BCUT2D eigenvalue weighted by molar-refractivity contribution is -0.136. The minimum atomic E-state index is -0.872. The van der Waals surface area contributed by atoms with Crippen LogP contribution in [0.3, 0.4) is 0 Å². The number of aliphatic carboxylic acids is 1. The number of benzene rings is 2. The summed E-state index contributed by atoms with van der Waals surface area (Å²) in [5.74, 6) is 0.313. The van der Waals surface area contributed by atoms with Crippen LogP contribution in [0.2, 0.25) is 0 Å². The normalized spacial score (nSPS) is 11.0. The van der Waals surface area contributed by atoms with Gasteiger partial charge in [-0.1, -0.05) is 6.07 Å². The molecule has 2 N–H and O–H groups in total. The molecule has 0 saturated heterocycles. The van der Waals surface area contributed by atoms with Gasteiger partial charge in [-0.3, -0.25) is 4.79 Å². The van der Waals surface area contributed by atoms with Crippen molar-refractivity contribution in [3.8, 4) is 22.8 Å². The van der Waals surface area contributed by atoms with Crippen LogP contribution in [0.15, 0.2) is 28.7 Å². The zero-order chi connectivity index (χ0) is 19.0. The van der Waals surface area contributed by atoms with Gasteiger partial charge in [0.1, 0.15) is 0 Å². The SMILES string of the molecule is COc1cc(Br)c(-c2[nH]c3cc(C)cc(C)c3c2CC(=O)O)cc1OC. The lowest BCUT2D eigenvalue weighted by atomic mass is 9.98. The first-order valence-electron chi connectivity index (χ1n) is 8.11. The minimum absolute atomic E-state index is 0.0694. The van der Waals surface area contributed by atoms with Gasteiger partial charge in [0.05, 0.1) is 26.3 Å². The molecule has 0 unspecified atom stereocenters. The van der Waals surface area contributed by atoms with Crippen molar-refractivity contribution in [1.82, 2.24) is 4.98 Å². The lowest BCUT2D eigenvalue weighted by Gasteiger charge is -2.12. The Hall–Kier alpha value is -2.47. The first-order chi connectivity index (χ1) is 12.3. The van der Waals surface area contributed by atoms with Gasteiger partial charge >= 0.3 is 5.97 Å². The summed E-state index contributed by atoms with van der Waals surface area (Å²) in [7, 11) is 3.15. The van der Waals surface area contributed by atoms with Crippen molar-refractivity contribution >= 4 is 32.8 Å². The fraction of sp³-hybridized carbons (Fsp3) is 0.250. The molecule has 3 rings (SSSR count). The smallest absolute Gasteiger partial charge is 0.307 e. The number of aromatic nitrogens is 1. The summed E-state index contributed by atoms with van der Waals surface area (Å²) in [5, 5.41) is 10.4. The molecule has 0 fully saturated rings. The number of rotatable bonds is 5. The monoisotopic (exact) mass is 417 g/mol. The highest BCUT2D eigenvalue weighted by atomic mass is 79.9. The molecule has 0 saturated carbocycles. The molecular formula is C20H20BrNO4. The van der Waals surface area contributed by atoms with Crippen LogP contribution >= 0.6 is 15.9 Å². The summed E-state index contributed by atoms with van der Waals surface area (Å²) >= 11 is 3.58. The maximum Gasteiger partial charge on any atom is 0.307 e. The summed E-state index contributed by atoms with van der Waals surface area (Å²) in [4.78, 5) is 14.9. The van der Waals surface area contributed by atoms with Gasteiger partial charge in [-0.05, 0) is 64.7 Å². The second-order valence-electron chi connectivity index (χ2n) is 6.24. The van der Waals surface area contributed by atoms with Crippen LogP contribution in [0.4, 0.5) is 0 Å². The lowest BCUT2D eigenvalue weighted by Crippen LogP contribution is -2.02. The molecule has 0 aliphatic carbocycles. The van der Waals surface area contributed by atoms with Crippen molar-refractivity contribution < 1.29 is 19.4 Å². The van der Waals surface area contributed by atoms with E-state index in [1.54, 1.807) is 14.2 Å². The Morgan fingerprint density at radius 2 is 1.77 bits per heavy atom. The number of ether oxygens (including phenoxy) is 2. The Labute approximate surface area is 160 Å². The van der Waals surface area contributed by atoms with Gasteiger partial charge in [-0.2, -0.15) is 0 Å². The zero-order valence-electron chi connectivity index (χ0n) is 15.1. The van der Waals surface area contributed by atoms with Crippen molar-refractivity contribution in [2.45, 2.75) is 20.3 Å². The third-order valence-corrected chi connectivity index (χ3v) is 5.07. The molecule has 2 aromatic carbocycles. The Morgan fingerprint density at radius 1 is 1.12 bits per heavy atom. The third-order valence-electron chi connectivity index (χ3n) is 4.41. The number of hydrogen-bond acceptors (Lipinski definition) is 3. The van der Waals surface area contributed by atoms with Gasteiger partial charge < -0.3 is 19.6 Å². The third kappa shape index (κ3) is 3.17. The van der Waals surface area contributed by atoms with E-state index in [4.69, 9.17) is 9.47 Å². The van der Waals surface area contributed by atoms with E-state index in [-0.39, 0.29) is 6.42 Å². The van der Waals surface area contributed by atoms with E-state index in [0.29, 0.717) is 11.5 Å². The zero-order valence-corrected chi connectivity index (χ0v) is 16.7.